The molecular formula is C9H9ClO5. The lowest BCUT2D eigenvalue weighted by Gasteiger charge is -2.07. The van der Waals surface area contributed by atoms with E-state index >= 15 is 0 Å². The lowest BCUT2D eigenvalue weighted by atomic mass is 10.1. The second kappa shape index (κ2) is 5.21. The summed E-state index contributed by atoms with van der Waals surface area (Å²) in [4.78, 5) is 21.4. The minimum atomic E-state index is -1.22. The van der Waals surface area contributed by atoms with Gasteiger partial charge in [-0.2, -0.15) is 0 Å². The van der Waals surface area contributed by atoms with Gasteiger partial charge < -0.3 is 14.9 Å². The zero-order valence-electron chi connectivity index (χ0n) is 7.76. The number of carbonyl (C=O) groups is 2. The van der Waals surface area contributed by atoms with Crippen LogP contribution in [-0.2, 0) is 0 Å². The normalized spacial score (nSPS) is 8.87. The van der Waals surface area contributed by atoms with Crippen LogP contribution in [0.15, 0.2) is 18.2 Å². The molecule has 82 valence electrons. The van der Waals surface area contributed by atoms with E-state index in [1.54, 1.807) is 0 Å². The summed E-state index contributed by atoms with van der Waals surface area (Å²) in [7, 11) is 1.23. The molecule has 15 heavy (non-hydrogen) atoms. The van der Waals surface area contributed by atoms with E-state index in [4.69, 9.17) is 14.9 Å². The average Bonchev–Trinajstić information content (AvgIpc) is 2.16. The molecule has 0 saturated carbocycles. The van der Waals surface area contributed by atoms with Crippen LogP contribution in [0.4, 0.5) is 0 Å². The molecule has 5 nitrogen and oxygen atoms in total. The van der Waals surface area contributed by atoms with E-state index in [0.29, 0.717) is 0 Å². The molecule has 0 fully saturated rings. The summed E-state index contributed by atoms with van der Waals surface area (Å²) in [6.07, 6.45) is 0. The molecule has 0 aliphatic rings. The molecule has 0 unspecified atom stereocenters. The van der Waals surface area contributed by atoms with Crippen LogP contribution in [-0.4, -0.2) is 29.3 Å². The van der Waals surface area contributed by atoms with E-state index in [0.717, 1.165) is 0 Å². The van der Waals surface area contributed by atoms with E-state index in [9.17, 15) is 9.59 Å². The number of ether oxygens (including phenoxy) is 1. The molecule has 0 aliphatic carbocycles. The molecule has 0 radical (unpaired) electrons. The predicted molar refractivity (Wildman–Crippen MR) is 54.2 cm³/mol. The van der Waals surface area contributed by atoms with Gasteiger partial charge in [0.25, 0.3) is 0 Å². The zero-order chi connectivity index (χ0) is 10.7. The Morgan fingerprint density at radius 2 is 1.53 bits per heavy atom. The minimum absolute atomic E-state index is 0. The number of methoxy groups -OCH3 is 1. The largest absolute Gasteiger partial charge is 0.495 e. The average molecular weight is 233 g/mol. The third kappa shape index (κ3) is 2.60. The van der Waals surface area contributed by atoms with Crippen molar-refractivity contribution in [1.82, 2.24) is 0 Å². The minimum Gasteiger partial charge on any atom is -0.495 e. The number of halogens is 1. The number of para-hydroxylation sites is 1. The van der Waals surface area contributed by atoms with E-state index in [2.05, 4.69) is 0 Å². The number of rotatable bonds is 3. The first-order valence-electron chi connectivity index (χ1n) is 3.71. The van der Waals surface area contributed by atoms with E-state index in [-0.39, 0.29) is 29.3 Å². The maximum Gasteiger partial charge on any atom is 0.339 e. The number of hydrogen-bond donors (Lipinski definition) is 2. The number of aromatic carboxylic acids is 2. The molecule has 1 rings (SSSR count). The highest BCUT2D eigenvalue weighted by Gasteiger charge is 2.18. The van der Waals surface area contributed by atoms with Gasteiger partial charge in [-0.15, -0.1) is 12.4 Å². The lowest BCUT2D eigenvalue weighted by molar-refractivity contribution is 0.0691. The highest BCUT2D eigenvalue weighted by atomic mass is 35.5. The molecule has 1 aromatic rings. The van der Waals surface area contributed by atoms with Crippen molar-refractivity contribution in [2.24, 2.45) is 0 Å². The summed E-state index contributed by atoms with van der Waals surface area (Å²) in [5.74, 6) is -2.57. The van der Waals surface area contributed by atoms with Crippen molar-refractivity contribution in [3.63, 3.8) is 0 Å². The Hall–Kier alpha value is -1.75. The van der Waals surface area contributed by atoms with Gasteiger partial charge in [-0.1, -0.05) is 6.07 Å². The summed E-state index contributed by atoms with van der Waals surface area (Å²) in [5, 5.41) is 17.5. The van der Waals surface area contributed by atoms with Crippen LogP contribution in [0.1, 0.15) is 20.7 Å². The highest BCUT2D eigenvalue weighted by Crippen LogP contribution is 2.23. The molecule has 0 atom stereocenters. The van der Waals surface area contributed by atoms with Crippen molar-refractivity contribution in [3.8, 4) is 5.75 Å². The number of carboxylic acid groups (broad SMARTS) is 2. The van der Waals surface area contributed by atoms with Gasteiger partial charge in [-0.3, -0.25) is 0 Å². The Bertz CT molecular complexity index is 356. The molecule has 6 heteroatoms. The molecule has 2 N–H and O–H groups in total. The van der Waals surface area contributed by atoms with E-state index in [1.807, 2.05) is 0 Å². The Labute approximate surface area is 91.7 Å². The van der Waals surface area contributed by atoms with Gasteiger partial charge in [0.15, 0.2) is 0 Å². The highest BCUT2D eigenvalue weighted by molar-refractivity contribution is 5.98. The molecule has 0 saturated heterocycles. The smallest absolute Gasteiger partial charge is 0.339 e. The quantitative estimate of drug-likeness (QED) is 0.825. The molecule has 0 bridgehead atoms. The van der Waals surface area contributed by atoms with E-state index in [1.165, 1.54) is 25.3 Å². The number of carboxylic acids is 2. The number of hydrogen-bond acceptors (Lipinski definition) is 3. The Morgan fingerprint density at radius 3 is 1.80 bits per heavy atom. The van der Waals surface area contributed by atoms with E-state index < -0.39 is 11.9 Å². The summed E-state index contributed by atoms with van der Waals surface area (Å²) < 4.78 is 4.74. The zero-order valence-corrected chi connectivity index (χ0v) is 8.58. The number of benzene rings is 1. The van der Waals surface area contributed by atoms with Crippen molar-refractivity contribution >= 4 is 24.3 Å². The first-order valence-corrected chi connectivity index (χ1v) is 3.71. The Kier molecular flexibility index (Phi) is 4.60. The van der Waals surface area contributed by atoms with Crippen LogP contribution < -0.4 is 4.74 Å². The summed E-state index contributed by atoms with van der Waals surface area (Å²) >= 11 is 0. The molecule has 0 aliphatic heterocycles. The Morgan fingerprint density at radius 1 is 1.13 bits per heavy atom. The fourth-order valence-electron chi connectivity index (χ4n) is 1.09. The van der Waals surface area contributed by atoms with Crippen LogP contribution in [0, 0.1) is 0 Å². The van der Waals surface area contributed by atoms with Crippen molar-refractivity contribution in [2.45, 2.75) is 0 Å². The van der Waals surface area contributed by atoms with Gasteiger partial charge in [-0.05, 0) is 12.1 Å². The molecule has 0 heterocycles. The summed E-state index contributed by atoms with van der Waals surface area (Å²) in [5.41, 5.74) is -0.320. The van der Waals surface area contributed by atoms with Gasteiger partial charge in [0.2, 0.25) is 0 Å². The molecular weight excluding hydrogens is 224 g/mol. The maximum atomic E-state index is 10.7. The third-order valence-electron chi connectivity index (χ3n) is 1.68. The van der Waals surface area contributed by atoms with Crippen LogP contribution in [0.25, 0.3) is 0 Å². The van der Waals surface area contributed by atoms with Crippen LogP contribution >= 0.6 is 12.4 Å². The van der Waals surface area contributed by atoms with Gasteiger partial charge in [0.05, 0.1) is 7.11 Å². The van der Waals surface area contributed by atoms with Crippen LogP contribution in [0.5, 0.6) is 5.75 Å². The second-order valence-corrected chi connectivity index (χ2v) is 2.50. The Balaban J connectivity index is 0.00000196. The molecule has 0 aromatic heterocycles. The topological polar surface area (TPSA) is 83.8 Å². The molecule has 0 spiro atoms. The maximum absolute atomic E-state index is 10.7. The summed E-state index contributed by atoms with van der Waals surface area (Å²) in [6.45, 7) is 0. The van der Waals surface area contributed by atoms with Crippen LogP contribution in [0.2, 0.25) is 0 Å². The predicted octanol–water partition coefficient (Wildman–Crippen LogP) is 1.51. The standard InChI is InChI=1S/C9H8O5.ClH/c1-14-7-5(8(10)11)3-2-4-6(7)9(12)13;/h2-4H,1H3,(H,10,11)(H,12,13);1H. The van der Waals surface area contributed by atoms with Gasteiger partial charge in [0.1, 0.15) is 16.9 Å². The van der Waals surface area contributed by atoms with Gasteiger partial charge in [0, 0.05) is 0 Å². The first kappa shape index (κ1) is 13.2. The third-order valence-corrected chi connectivity index (χ3v) is 1.68. The molecule has 0 amide bonds. The fourth-order valence-corrected chi connectivity index (χ4v) is 1.09. The van der Waals surface area contributed by atoms with Gasteiger partial charge in [-0.25, -0.2) is 9.59 Å². The SMILES string of the molecule is COc1c(C(=O)O)cccc1C(=O)O.Cl. The lowest BCUT2D eigenvalue weighted by Crippen LogP contribution is -2.06. The van der Waals surface area contributed by atoms with Crippen molar-refractivity contribution in [1.29, 1.82) is 0 Å². The van der Waals surface area contributed by atoms with Crippen molar-refractivity contribution < 1.29 is 24.5 Å². The second-order valence-electron chi connectivity index (χ2n) is 2.50. The van der Waals surface area contributed by atoms with Gasteiger partial charge >= 0.3 is 11.9 Å². The van der Waals surface area contributed by atoms with Crippen LogP contribution in [0.3, 0.4) is 0 Å². The monoisotopic (exact) mass is 232 g/mol. The first-order chi connectivity index (χ1) is 6.57. The molecule has 1 aromatic carbocycles. The fraction of sp³-hybridized carbons (Fsp3) is 0.111. The van der Waals surface area contributed by atoms with Crippen molar-refractivity contribution in [3.05, 3.63) is 29.3 Å². The summed E-state index contributed by atoms with van der Waals surface area (Å²) in [6, 6.07) is 3.93. The van der Waals surface area contributed by atoms with Crippen molar-refractivity contribution in [2.75, 3.05) is 7.11 Å².